The summed E-state index contributed by atoms with van der Waals surface area (Å²) in [6.07, 6.45) is 11.6. The van der Waals surface area contributed by atoms with E-state index in [-0.39, 0.29) is 0 Å². The molecule has 116 valence electrons. The molecule has 0 radical (unpaired) electrons. The van der Waals surface area contributed by atoms with Gasteiger partial charge in [-0.15, -0.1) is 0 Å². The maximum absolute atomic E-state index is 3.94. The molecule has 3 aliphatic rings. The van der Waals surface area contributed by atoms with Gasteiger partial charge in [0.05, 0.1) is 0 Å². The van der Waals surface area contributed by atoms with E-state index < -0.39 is 0 Å². The van der Waals surface area contributed by atoms with Gasteiger partial charge in [-0.1, -0.05) is 33.1 Å². The maximum Gasteiger partial charge on any atom is 0.0309 e. The van der Waals surface area contributed by atoms with Gasteiger partial charge in [0, 0.05) is 30.7 Å². The van der Waals surface area contributed by atoms with Gasteiger partial charge < -0.3 is 5.32 Å². The van der Waals surface area contributed by atoms with Crippen LogP contribution in [0.1, 0.15) is 72.1 Å². The van der Waals surface area contributed by atoms with E-state index in [1.54, 1.807) is 0 Å². The second-order valence-corrected chi connectivity index (χ2v) is 8.32. The van der Waals surface area contributed by atoms with Gasteiger partial charge in [-0.3, -0.25) is 4.90 Å². The van der Waals surface area contributed by atoms with Gasteiger partial charge in [0.15, 0.2) is 0 Å². The average molecular weight is 278 g/mol. The van der Waals surface area contributed by atoms with E-state index in [0.717, 1.165) is 23.9 Å². The van der Waals surface area contributed by atoms with Crippen molar-refractivity contribution in [2.24, 2.45) is 11.8 Å². The molecule has 2 atom stereocenters. The van der Waals surface area contributed by atoms with Crippen LogP contribution in [0.2, 0.25) is 0 Å². The predicted octanol–water partition coefficient (Wildman–Crippen LogP) is 3.81. The summed E-state index contributed by atoms with van der Waals surface area (Å²) in [6, 6.07) is 1.66. The van der Waals surface area contributed by atoms with Gasteiger partial charge in [0.25, 0.3) is 0 Å². The summed E-state index contributed by atoms with van der Waals surface area (Å²) in [5, 5.41) is 3.94. The normalized spacial score (nSPS) is 37.5. The molecule has 0 spiro atoms. The first-order valence-electron chi connectivity index (χ1n) is 9.09. The zero-order valence-electron chi connectivity index (χ0n) is 13.8. The van der Waals surface area contributed by atoms with Crippen LogP contribution in [0.15, 0.2) is 0 Å². The molecule has 3 rings (SSSR count). The highest BCUT2D eigenvalue weighted by molar-refractivity contribution is 5.05. The Morgan fingerprint density at radius 3 is 2.40 bits per heavy atom. The molecule has 2 aliphatic carbocycles. The van der Waals surface area contributed by atoms with Gasteiger partial charge in [-0.2, -0.15) is 0 Å². The summed E-state index contributed by atoms with van der Waals surface area (Å²) >= 11 is 0. The SMILES string of the molecule is CC(C)CC1CNC(C)(C2CC2)CN1C1CCCCC1. The minimum absolute atomic E-state index is 0.408. The molecule has 1 saturated heterocycles. The quantitative estimate of drug-likeness (QED) is 0.841. The molecular formula is C18H34N2. The predicted molar refractivity (Wildman–Crippen MR) is 86.0 cm³/mol. The van der Waals surface area contributed by atoms with Gasteiger partial charge in [0.2, 0.25) is 0 Å². The third-order valence-electron chi connectivity index (χ3n) is 5.99. The number of piperazine rings is 1. The summed E-state index contributed by atoms with van der Waals surface area (Å²) in [4.78, 5) is 2.94. The van der Waals surface area contributed by atoms with Crippen molar-refractivity contribution >= 4 is 0 Å². The van der Waals surface area contributed by atoms with Crippen LogP contribution < -0.4 is 5.32 Å². The molecule has 2 saturated carbocycles. The molecule has 20 heavy (non-hydrogen) atoms. The van der Waals surface area contributed by atoms with E-state index in [1.807, 2.05) is 0 Å². The Morgan fingerprint density at radius 1 is 1.10 bits per heavy atom. The fourth-order valence-corrected chi connectivity index (χ4v) is 4.63. The molecule has 0 aromatic rings. The van der Waals surface area contributed by atoms with Crippen LogP contribution in [0, 0.1) is 11.8 Å². The third kappa shape index (κ3) is 3.22. The van der Waals surface area contributed by atoms with Crippen molar-refractivity contribution in [1.82, 2.24) is 10.2 Å². The highest BCUT2D eigenvalue weighted by Gasteiger charge is 2.47. The van der Waals surface area contributed by atoms with E-state index >= 15 is 0 Å². The summed E-state index contributed by atoms with van der Waals surface area (Å²) in [5.41, 5.74) is 0.408. The number of nitrogens with one attached hydrogen (secondary N) is 1. The first-order valence-corrected chi connectivity index (χ1v) is 9.09. The molecule has 1 aliphatic heterocycles. The van der Waals surface area contributed by atoms with Crippen LogP contribution >= 0.6 is 0 Å². The number of hydrogen-bond acceptors (Lipinski definition) is 2. The van der Waals surface area contributed by atoms with Crippen molar-refractivity contribution in [3.63, 3.8) is 0 Å². The van der Waals surface area contributed by atoms with Gasteiger partial charge in [-0.25, -0.2) is 0 Å². The van der Waals surface area contributed by atoms with Crippen LogP contribution in [-0.2, 0) is 0 Å². The second kappa shape index (κ2) is 5.96. The smallest absolute Gasteiger partial charge is 0.0309 e. The van der Waals surface area contributed by atoms with Crippen molar-refractivity contribution in [2.45, 2.75) is 89.8 Å². The fraction of sp³-hybridized carbons (Fsp3) is 1.00. The highest BCUT2D eigenvalue weighted by Crippen LogP contribution is 2.42. The Labute approximate surface area is 125 Å². The standard InChI is InChI=1S/C18H34N2/c1-14(2)11-17-12-19-18(3,15-9-10-15)13-20(17)16-7-5-4-6-8-16/h14-17,19H,4-13H2,1-3H3. The molecule has 1 N–H and O–H groups in total. The Hall–Kier alpha value is -0.0800. The summed E-state index contributed by atoms with van der Waals surface area (Å²) in [5.74, 6) is 1.77. The number of rotatable bonds is 4. The van der Waals surface area contributed by atoms with Crippen molar-refractivity contribution in [2.75, 3.05) is 13.1 Å². The summed E-state index contributed by atoms with van der Waals surface area (Å²) in [6.45, 7) is 9.79. The Kier molecular flexibility index (Phi) is 4.42. The second-order valence-electron chi connectivity index (χ2n) is 8.32. The molecule has 2 heteroatoms. The topological polar surface area (TPSA) is 15.3 Å². The van der Waals surface area contributed by atoms with Gasteiger partial charge in [0.1, 0.15) is 0 Å². The van der Waals surface area contributed by atoms with Crippen LogP contribution in [0.3, 0.4) is 0 Å². The first kappa shape index (κ1) is 14.8. The van der Waals surface area contributed by atoms with E-state index in [1.165, 1.54) is 64.5 Å². The lowest BCUT2D eigenvalue weighted by atomic mass is 9.85. The molecule has 2 unspecified atom stereocenters. The largest absolute Gasteiger partial charge is 0.308 e. The highest BCUT2D eigenvalue weighted by atomic mass is 15.3. The molecule has 3 fully saturated rings. The molecule has 0 aromatic heterocycles. The lowest BCUT2D eigenvalue weighted by Gasteiger charge is -2.51. The summed E-state index contributed by atoms with van der Waals surface area (Å²) in [7, 11) is 0. The zero-order chi connectivity index (χ0) is 14.2. The van der Waals surface area contributed by atoms with E-state index in [4.69, 9.17) is 0 Å². The maximum atomic E-state index is 3.94. The summed E-state index contributed by atoms with van der Waals surface area (Å²) < 4.78 is 0. The Balaban J connectivity index is 1.70. The first-order chi connectivity index (χ1) is 9.58. The van der Waals surface area contributed by atoms with Crippen molar-refractivity contribution < 1.29 is 0 Å². The average Bonchev–Trinajstić information content (AvgIpc) is 3.26. The van der Waals surface area contributed by atoms with E-state index in [0.29, 0.717) is 5.54 Å². The molecule has 0 amide bonds. The fourth-order valence-electron chi connectivity index (χ4n) is 4.63. The molecular weight excluding hydrogens is 244 g/mol. The van der Waals surface area contributed by atoms with Crippen LogP contribution in [0.4, 0.5) is 0 Å². The number of nitrogens with zero attached hydrogens (tertiary/aromatic N) is 1. The Morgan fingerprint density at radius 2 is 1.80 bits per heavy atom. The van der Waals surface area contributed by atoms with Gasteiger partial charge in [-0.05, 0) is 50.9 Å². The minimum Gasteiger partial charge on any atom is -0.308 e. The van der Waals surface area contributed by atoms with Gasteiger partial charge >= 0.3 is 0 Å². The number of hydrogen-bond donors (Lipinski definition) is 1. The van der Waals surface area contributed by atoms with Crippen LogP contribution in [0.25, 0.3) is 0 Å². The van der Waals surface area contributed by atoms with Crippen molar-refractivity contribution in [3.05, 3.63) is 0 Å². The lowest BCUT2D eigenvalue weighted by molar-refractivity contribution is 0.0165. The van der Waals surface area contributed by atoms with Crippen LogP contribution in [-0.4, -0.2) is 35.6 Å². The van der Waals surface area contributed by atoms with Crippen molar-refractivity contribution in [3.8, 4) is 0 Å². The zero-order valence-corrected chi connectivity index (χ0v) is 13.8. The molecule has 0 bridgehead atoms. The van der Waals surface area contributed by atoms with E-state index in [9.17, 15) is 0 Å². The van der Waals surface area contributed by atoms with Crippen LogP contribution in [0.5, 0.6) is 0 Å². The van der Waals surface area contributed by atoms with Crippen molar-refractivity contribution in [1.29, 1.82) is 0 Å². The monoisotopic (exact) mass is 278 g/mol. The molecule has 2 nitrogen and oxygen atoms in total. The lowest BCUT2D eigenvalue weighted by Crippen LogP contribution is -2.66. The molecule has 0 aromatic carbocycles. The molecule has 1 heterocycles. The third-order valence-corrected chi connectivity index (χ3v) is 5.99. The Bertz CT molecular complexity index is 317. The van der Waals surface area contributed by atoms with E-state index in [2.05, 4.69) is 31.0 Å². The minimum atomic E-state index is 0.408.